The normalized spacial score (nSPS) is 15.9. The molecule has 0 aromatic carbocycles. The highest BCUT2D eigenvalue weighted by atomic mass is 32.1. The number of aromatic nitrogens is 3. The molecule has 25 heavy (non-hydrogen) atoms. The third-order valence-corrected chi connectivity index (χ3v) is 5.31. The van der Waals surface area contributed by atoms with Crippen molar-refractivity contribution in [3.05, 3.63) is 28.9 Å². The summed E-state index contributed by atoms with van der Waals surface area (Å²) in [5, 5.41) is 19.3. The molecule has 0 radical (unpaired) electrons. The zero-order chi connectivity index (χ0) is 17.4. The molecule has 0 spiro atoms. The van der Waals surface area contributed by atoms with E-state index >= 15 is 0 Å². The smallest absolute Gasteiger partial charge is 0.324 e. The van der Waals surface area contributed by atoms with Crippen molar-refractivity contribution in [2.75, 3.05) is 23.8 Å². The fourth-order valence-corrected chi connectivity index (χ4v) is 3.92. The molecular formula is C16H18N6O2S. The molecule has 0 bridgehead atoms. The molecule has 0 amide bonds. The van der Waals surface area contributed by atoms with E-state index in [1.165, 1.54) is 17.8 Å². The number of hydrogen-bond donors (Lipinski definition) is 1. The van der Waals surface area contributed by atoms with Crippen molar-refractivity contribution in [1.82, 2.24) is 10.3 Å². The van der Waals surface area contributed by atoms with Gasteiger partial charge in [0.15, 0.2) is 0 Å². The van der Waals surface area contributed by atoms with Crippen molar-refractivity contribution in [3.8, 4) is 0 Å². The van der Waals surface area contributed by atoms with E-state index in [0.717, 1.165) is 41.8 Å². The van der Waals surface area contributed by atoms with Crippen molar-refractivity contribution in [3.63, 3.8) is 0 Å². The summed E-state index contributed by atoms with van der Waals surface area (Å²) >= 11 is 1.24. The minimum Gasteiger partial charge on any atom is -0.857 e. The Morgan fingerprint density at radius 3 is 2.96 bits per heavy atom. The van der Waals surface area contributed by atoms with Crippen LogP contribution >= 0.6 is 11.3 Å². The molecule has 1 saturated heterocycles. The molecular weight excluding hydrogens is 340 g/mol. The molecule has 4 heterocycles. The topological polar surface area (TPSA) is 107 Å². The number of thiophene rings is 1. The number of aryl methyl sites for hydroxylation is 1. The largest absolute Gasteiger partial charge is 0.857 e. The summed E-state index contributed by atoms with van der Waals surface area (Å²) in [4.78, 5) is 11.1. The summed E-state index contributed by atoms with van der Waals surface area (Å²) in [7, 11) is 0. The number of fused-ring (bicyclic) bond motifs is 1. The van der Waals surface area contributed by atoms with Crippen molar-refractivity contribution in [2.45, 2.75) is 26.2 Å². The molecule has 1 aliphatic heterocycles. The second-order valence-electron chi connectivity index (χ2n) is 6.04. The highest BCUT2D eigenvalue weighted by Gasteiger charge is 2.22. The number of piperidine rings is 1. The number of pyridine rings is 1. The Kier molecular flexibility index (Phi) is 4.00. The van der Waals surface area contributed by atoms with Gasteiger partial charge in [-0.1, -0.05) is 0 Å². The molecule has 3 aromatic heterocycles. The lowest BCUT2D eigenvalue weighted by molar-refractivity contribution is -0.759. The first-order valence-corrected chi connectivity index (χ1v) is 8.99. The minimum atomic E-state index is -0.444. The number of nitrogen functional groups attached to an aromatic ring is 1. The summed E-state index contributed by atoms with van der Waals surface area (Å²) in [5.41, 5.74) is 7.38. The number of rotatable bonds is 3. The summed E-state index contributed by atoms with van der Waals surface area (Å²) in [5.74, 6) is -0.281. The molecule has 9 heteroatoms. The molecule has 0 unspecified atom stereocenters. The van der Waals surface area contributed by atoms with Crippen LogP contribution < -0.4 is 20.6 Å². The van der Waals surface area contributed by atoms with Gasteiger partial charge in [-0.3, -0.25) is 4.52 Å². The van der Waals surface area contributed by atoms with Crippen LogP contribution in [0.2, 0.25) is 0 Å². The third-order valence-electron chi connectivity index (χ3n) is 4.21. The van der Waals surface area contributed by atoms with Crippen LogP contribution in [0.25, 0.3) is 10.2 Å². The van der Waals surface area contributed by atoms with Gasteiger partial charge in [0.05, 0.1) is 28.4 Å². The molecule has 8 nitrogen and oxygen atoms in total. The van der Waals surface area contributed by atoms with E-state index in [1.54, 1.807) is 11.0 Å². The second kappa shape index (κ2) is 6.32. The number of nitrogens with zero attached hydrogens (tertiary/aromatic N) is 5. The zero-order valence-electron chi connectivity index (χ0n) is 13.8. The fourth-order valence-electron chi connectivity index (χ4n) is 2.89. The van der Waals surface area contributed by atoms with Crippen LogP contribution in [0.3, 0.4) is 0 Å². The van der Waals surface area contributed by atoms with Gasteiger partial charge >= 0.3 is 5.88 Å². The van der Waals surface area contributed by atoms with Gasteiger partial charge in [-0.15, -0.1) is 11.3 Å². The first-order chi connectivity index (χ1) is 12.1. The van der Waals surface area contributed by atoms with Gasteiger partial charge in [-0.05, 0) is 38.3 Å². The molecule has 2 N–H and O–H groups in total. The van der Waals surface area contributed by atoms with Crippen LogP contribution in [0.5, 0.6) is 0 Å². The maximum atomic E-state index is 12.5. The van der Waals surface area contributed by atoms with Gasteiger partial charge in [-0.2, -0.15) is 5.01 Å². The predicted molar refractivity (Wildman–Crippen MR) is 93.5 cm³/mol. The van der Waals surface area contributed by atoms with Crippen LogP contribution in [-0.4, -0.2) is 29.2 Å². The maximum absolute atomic E-state index is 12.5. The fraction of sp³-hybridized carbons (Fsp3) is 0.375. The Hall–Kier alpha value is -2.68. The van der Waals surface area contributed by atoms with E-state index < -0.39 is 5.90 Å². The molecule has 130 valence electrons. The Labute approximate surface area is 148 Å². The van der Waals surface area contributed by atoms with E-state index in [1.807, 2.05) is 19.1 Å². The van der Waals surface area contributed by atoms with Crippen LogP contribution in [-0.2, 0) is 0 Å². The molecule has 1 aliphatic rings. The lowest BCUT2D eigenvalue weighted by Gasteiger charge is -2.17. The molecule has 4 rings (SSSR count). The van der Waals surface area contributed by atoms with Crippen LogP contribution in [0.1, 0.15) is 29.8 Å². The highest BCUT2D eigenvalue weighted by Crippen LogP contribution is 2.32. The Morgan fingerprint density at radius 1 is 1.36 bits per heavy atom. The van der Waals surface area contributed by atoms with Gasteiger partial charge in [-0.25, -0.2) is 9.98 Å². The number of anilines is 1. The van der Waals surface area contributed by atoms with E-state index in [4.69, 9.17) is 10.3 Å². The average Bonchev–Trinajstić information content (AvgIpc) is 3.20. The molecule has 1 fully saturated rings. The molecule has 3 aromatic rings. The van der Waals surface area contributed by atoms with E-state index in [-0.39, 0.29) is 5.88 Å². The molecule has 0 saturated carbocycles. The van der Waals surface area contributed by atoms with E-state index in [0.29, 0.717) is 10.6 Å². The lowest BCUT2D eigenvalue weighted by Crippen LogP contribution is -2.60. The van der Waals surface area contributed by atoms with Crippen LogP contribution in [0, 0.1) is 6.92 Å². The average molecular weight is 358 g/mol. The van der Waals surface area contributed by atoms with Gasteiger partial charge in [0, 0.05) is 17.0 Å². The van der Waals surface area contributed by atoms with Gasteiger partial charge in [0.25, 0.3) is 6.20 Å². The van der Waals surface area contributed by atoms with Crippen molar-refractivity contribution >= 4 is 39.0 Å². The standard InChI is InChI=1S/C16H18N6O2S/c1-10-5-6-11-13(17)14(25-16(11)18-10)15(23)19-12-9-22(20-24-12)21-7-3-2-4-8-21/h5-6,9H,2-4,7-8H2,1H3,(H2-,17,19,20,23). The lowest BCUT2D eigenvalue weighted by atomic mass is 10.2. The van der Waals surface area contributed by atoms with Crippen molar-refractivity contribution in [2.24, 2.45) is 4.99 Å². The Balaban J connectivity index is 1.63. The monoisotopic (exact) mass is 358 g/mol. The summed E-state index contributed by atoms with van der Waals surface area (Å²) < 4.78 is 5.18. The SMILES string of the molecule is Cc1ccc2c(N)c(/C([O-])=N/c3c[n+](N4CCCCC4)no3)sc2n1. The number of aliphatic imine (C=N–C) groups is 1. The highest BCUT2D eigenvalue weighted by molar-refractivity contribution is 7.21. The summed E-state index contributed by atoms with van der Waals surface area (Å²) in [6, 6.07) is 3.74. The Bertz CT molecular complexity index is 941. The Morgan fingerprint density at radius 2 is 2.16 bits per heavy atom. The molecule has 0 atom stereocenters. The second-order valence-corrected chi connectivity index (χ2v) is 7.04. The van der Waals surface area contributed by atoms with E-state index in [2.05, 4.69) is 20.3 Å². The third kappa shape index (κ3) is 3.02. The number of hydrogen-bond acceptors (Lipinski definition) is 8. The van der Waals surface area contributed by atoms with Crippen molar-refractivity contribution in [1.29, 1.82) is 0 Å². The summed E-state index contributed by atoms with van der Waals surface area (Å²) in [6.07, 6.45) is 5.09. The van der Waals surface area contributed by atoms with Crippen LogP contribution in [0.4, 0.5) is 11.6 Å². The first-order valence-electron chi connectivity index (χ1n) is 8.17. The first kappa shape index (κ1) is 15.8. The maximum Gasteiger partial charge on any atom is 0.324 e. The predicted octanol–water partition coefficient (Wildman–Crippen LogP) is 1.02. The number of nitrogens with two attached hydrogens (primary N) is 1. The summed E-state index contributed by atoms with van der Waals surface area (Å²) in [6.45, 7) is 3.73. The minimum absolute atomic E-state index is 0.163. The van der Waals surface area contributed by atoms with Gasteiger partial charge < -0.3 is 10.8 Å². The van der Waals surface area contributed by atoms with E-state index in [9.17, 15) is 5.11 Å². The van der Waals surface area contributed by atoms with Crippen molar-refractivity contribution < 1.29 is 14.4 Å². The van der Waals surface area contributed by atoms with Gasteiger partial charge in [0.1, 0.15) is 4.83 Å². The quantitative estimate of drug-likeness (QED) is 0.425. The van der Waals surface area contributed by atoms with Gasteiger partial charge in [0.2, 0.25) is 5.27 Å². The van der Waals surface area contributed by atoms with Crippen LogP contribution in [0.15, 0.2) is 27.8 Å². The molecule has 0 aliphatic carbocycles. The zero-order valence-corrected chi connectivity index (χ0v) is 14.6.